The van der Waals surface area contributed by atoms with Gasteiger partial charge in [0, 0.05) is 0 Å². The quantitative estimate of drug-likeness (QED) is 0.912. The van der Waals surface area contributed by atoms with Crippen LogP contribution in [0.4, 0.5) is 15.8 Å². The number of carbonyl (C=O) groups excluding carboxylic acids is 1. The largest absolute Gasteiger partial charge is 0.324 e. The minimum Gasteiger partial charge on any atom is -0.324 e. The molecule has 8 heteroatoms. The van der Waals surface area contributed by atoms with Crippen LogP contribution in [-0.4, -0.2) is 14.3 Å². The fourth-order valence-corrected chi connectivity index (χ4v) is 4.17. The van der Waals surface area contributed by atoms with Crippen LogP contribution in [0.15, 0.2) is 33.9 Å². The molecule has 2 aromatic rings. The number of para-hydroxylation sites is 1. The van der Waals surface area contributed by atoms with Gasteiger partial charge < -0.3 is 5.32 Å². The highest BCUT2D eigenvalue weighted by Crippen LogP contribution is 2.33. The molecule has 104 valence electrons. The number of amides is 1. The number of hydrogen-bond donors (Lipinski definition) is 2. The van der Waals surface area contributed by atoms with E-state index in [9.17, 15) is 17.6 Å². The molecule has 2 heterocycles. The van der Waals surface area contributed by atoms with Crippen molar-refractivity contribution in [3.05, 3.63) is 41.0 Å². The van der Waals surface area contributed by atoms with Crippen LogP contribution in [0.5, 0.6) is 0 Å². The zero-order valence-corrected chi connectivity index (χ0v) is 11.6. The summed E-state index contributed by atoms with van der Waals surface area (Å²) in [6, 6.07) is 5.99. The Morgan fingerprint density at radius 2 is 2.10 bits per heavy atom. The topological polar surface area (TPSA) is 75.3 Å². The van der Waals surface area contributed by atoms with Gasteiger partial charge in [-0.2, -0.15) is 0 Å². The first kappa shape index (κ1) is 13.1. The van der Waals surface area contributed by atoms with Gasteiger partial charge in [0.25, 0.3) is 10.0 Å². The summed E-state index contributed by atoms with van der Waals surface area (Å²) in [6.07, 6.45) is 0.207. The maximum absolute atomic E-state index is 13.4. The first-order chi connectivity index (χ1) is 9.47. The molecule has 1 aromatic carbocycles. The van der Waals surface area contributed by atoms with Crippen LogP contribution >= 0.6 is 11.3 Å². The summed E-state index contributed by atoms with van der Waals surface area (Å²) in [6.45, 7) is 0. The van der Waals surface area contributed by atoms with Gasteiger partial charge in [-0.25, -0.2) is 12.8 Å². The lowest BCUT2D eigenvalue weighted by molar-refractivity contribution is -0.115. The van der Waals surface area contributed by atoms with E-state index >= 15 is 0 Å². The summed E-state index contributed by atoms with van der Waals surface area (Å²) >= 11 is 0.797. The molecule has 0 saturated carbocycles. The van der Waals surface area contributed by atoms with Gasteiger partial charge in [0.05, 0.1) is 17.8 Å². The Kier molecular flexibility index (Phi) is 2.98. The van der Waals surface area contributed by atoms with Gasteiger partial charge in [0.15, 0.2) is 10.0 Å². The van der Waals surface area contributed by atoms with Crippen molar-refractivity contribution in [3.63, 3.8) is 0 Å². The molecule has 0 bridgehead atoms. The normalized spacial score (nSPS) is 13.9. The third-order valence-corrected chi connectivity index (χ3v) is 5.64. The summed E-state index contributed by atoms with van der Waals surface area (Å²) in [7, 11) is -4.00. The van der Waals surface area contributed by atoms with E-state index in [1.54, 1.807) is 12.1 Å². The first-order valence-electron chi connectivity index (χ1n) is 5.65. The van der Waals surface area contributed by atoms with E-state index in [4.69, 9.17) is 0 Å². The highest BCUT2D eigenvalue weighted by atomic mass is 32.2. The maximum Gasteiger partial charge on any atom is 0.274 e. The monoisotopic (exact) mass is 312 g/mol. The molecule has 0 aliphatic carbocycles. The molecule has 5 nitrogen and oxygen atoms in total. The van der Waals surface area contributed by atoms with Crippen molar-refractivity contribution in [1.82, 2.24) is 0 Å². The highest BCUT2D eigenvalue weighted by Gasteiger charge is 2.25. The molecule has 1 amide bonds. The molecule has 20 heavy (non-hydrogen) atoms. The summed E-state index contributed by atoms with van der Waals surface area (Å²) in [5.41, 5.74) is 1.38. The van der Waals surface area contributed by atoms with Crippen molar-refractivity contribution >= 4 is 38.6 Å². The van der Waals surface area contributed by atoms with E-state index in [0.717, 1.165) is 17.4 Å². The van der Waals surface area contributed by atoms with Gasteiger partial charge in [-0.3, -0.25) is 9.52 Å². The molecule has 0 unspecified atom stereocenters. The number of nitrogens with one attached hydrogen (secondary N) is 2. The smallest absolute Gasteiger partial charge is 0.274 e. The summed E-state index contributed by atoms with van der Waals surface area (Å²) in [4.78, 5) is 11.4. The number of carbonyl (C=O) groups is 1. The molecule has 1 aliphatic rings. The third kappa shape index (κ3) is 2.16. The van der Waals surface area contributed by atoms with Gasteiger partial charge in [-0.1, -0.05) is 12.1 Å². The molecule has 0 saturated heterocycles. The molecule has 0 atom stereocenters. The standard InChI is InChI=1S/C12H9FN2O3S2/c13-8-4-5-19-12(8)20(17,18)15-9-3-1-2-7-6-10(16)14-11(7)9/h1-5,15H,6H2,(H,14,16). The second kappa shape index (κ2) is 4.57. The van der Waals surface area contributed by atoms with Gasteiger partial charge in [0.1, 0.15) is 0 Å². The van der Waals surface area contributed by atoms with Crippen LogP contribution in [0.25, 0.3) is 0 Å². The molecule has 2 N–H and O–H groups in total. The van der Waals surface area contributed by atoms with Crippen molar-refractivity contribution in [2.24, 2.45) is 0 Å². The predicted molar refractivity (Wildman–Crippen MR) is 73.9 cm³/mol. The van der Waals surface area contributed by atoms with E-state index < -0.39 is 15.8 Å². The zero-order chi connectivity index (χ0) is 14.3. The summed E-state index contributed by atoms with van der Waals surface area (Å²) in [5, 5.41) is 3.95. The third-order valence-electron chi connectivity index (χ3n) is 2.84. The number of benzene rings is 1. The van der Waals surface area contributed by atoms with Gasteiger partial charge in [0.2, 0.25) is 5.91 Å². The van der Waals surface area contributed by atoms with Crippen LogP contribution < -0.4 is 10.0 Å². The lowest BCUT2D eigenvalue weighted by Crippen LogP contribution is -2.14. The number of thiophene rings is 1. The van der Waals surface area contributed by atoms with Crippen molar-refractivity contribution in [2.75, 3.05) is 10.0 Å². The summed E-state index contributed by atoms with van der Waals surface area (Å²) in [5.74, 6) is -0.993. The van der Waals surface area contributed by atoms with Gasteiger partial charge in [-0.15, -0.1) is 11.3 Å². The molecule has 1 aliphatic heterocycles. The lowest BCUT2D eigenvalue weighted by atomic mass is 10.1. The Balaban J connectivity index is 1.99. The number of rotatable bonds is 3. The van der Waals surface area contributed by atoms with E-state index in [1.807, 2.05) is 0 Å². The van der Waals surface area contributed by atoms with Crippen LogP contribution in [0.1, 0.15) is 5.56 Å². The van der Waals surface area contributed by atoms with E-state index in [2.05, 4.69) is 10.0 Å². The Labute approximate surface area is 118 Å². The molecule has 0 spiro atoms. The van der Waals surface area contributed by atoms with Crippen LogP contribution in [0.3, 0.4) is 0 Å². The number of hydrogen-bond acceptors (Lipinski definition) is 4. The average Bonchev–Trinajstić information content (AvgIpc) is 2.94. The molecule has 3 rings (SSSR count). The van der Waals surface area contributed by atoms with E-state index in [1.165, 1.54) is 11.4 Å². The molecule has 0 fully saturated rings. The van der Waals surface area contributed by atoms with Crippen LogP contribution in [0.2, 0.25) is 0 Å². The fraction of sp³-hybridized carbons (Fsp3) is 0.0833. The molecular weight excluding hydrogens is 303 g/mol. The summed E-state index contributed by atoms with van der Waals surface area (Å²) < 4.78 is 39.6. The number of halogens is 1. The number of fused-ring (bicyclic) bond motifs is 1. The SMILES string of the molecule is O=C1Cc2cccc(NS(=O)(=O)c3sccc3F)c2N1. The predicted octanol–water partition coefficient (Wildman–Crippen LogP) is 2.18. The second-order valence-corrected chi connectivity index (χ2v) is 7.02. The Bertz CT molecular complexity index is 799. The van der Waals surface area contributed by atoms with E-state index in [-0.39, 0.29) is 22.2 Å². The molecular formula is C12H9FN2O3S2. The lowest BCUT2D eigenvalue weighted by Gasteiger charge is -2.10. The Hall–Kier alpha value is -1.93. The van der Waals surface area contributed by atoms with Crippen molar-refractivity contribution in [1.29, 1.82) is 0 Å². The molecule has 0 radical (unpaired) electrons. The first-order valence-corrected chi connectivity index (χ1v) is 8.01. The molecule has 1 aromatic heterocycles. The number of anilines is 2. The average molecular weight is 312 g/mol. The maximum atomic E-state index is 13.4. The van der Waals surface area contributed by atoms with Crippen molar-refractivity contribution in [2.45, 2.75) is 10.6 Å². The zero-order valence-electron chi connectivity index (χ0n) is 10.0. The Morgan fingerprint density at radius 1 is 1.30 bits per heavy atom. The minimum atomic E-state index is -4.00. The van der Waals surface area contributed by atoms with Crippen molar-refractivity contribution < 1.29 is 17.6 Å². The highest BCUT2D eigenvalue weighted by molar-refractivity contribution is 7.94. The van der Waals surface area contributed by atoms with Gasteiger partial charge >= 0.3 is 0 Å². The fourth-order valence-electron chi connectivity index (χ4n) is 2.00. The Morgan fingerprint density at radius 3 is 2.80 bits per heavy atom. The number of sulfonamides is 1. The second-order valence-electron chi connectivity index (χ2n) is 4.23. The van der Waals surface area contributed by atoms with Crippen LogP contribution in [0, 0.1) is 5.82 Å². The van der Waals surface area contributed by atoms with Crippen molar-refractivity contribution in [3.8, 4) is 0 Å². The minimum absolute atomic E-state index is 0.200. The van der Waals surface area contributed by atoms with Gasteiger partial charge in [-0.05, 0) is 23.1 Å². The van der Waals surface area contributed by atoms with E-state index in [0.29, 0.717) is 11.3 Å². The van der Waals surface area contributed by atoms with Crippen LogP contribution in [-0.2, 0) is 21.2 Å².